The Hall–Kier alpha value is -1.69. The van der Waals surface area contributed by atoms with Crippen LogP contribution in [0.25, 0.3) is 0 Å². The van der Waals surface area contributed by atoms with Crippen LogP contribution in [0.1, 0.15) is 30.6 Å². The molecule has 0 aliphatic rings. The Balaban J connectivity index is 2.90. The van der Waals surface area contributed by atoms with Crippen LogP contribution in [0.2, 0.25) is 0 Å². The van der Waals surface area contributed by atoms with E-state index in [9.17, 15) is 9.90 Å². The van der Waals surface area contributed by atoms with Gasteiger partial charge < -0.3 is 15.7 Å². The molecule has 0 atom stereocenters. The molecule has 1 rings (SSSR count). The van der Waals surface area contributed by atoms with Gasteiger partial charge in [0.05, 0.1) is 16.7 Å². The zero-order valence-corrected chi connectivity index (χ0v) is 11.3. The molecule has 0 spiro atoms. The third-order valence-electron chi connectivity index (χ3n) is 2.51. The van der Waals surface area contributed by atoms with Crippen molar-refractivity contribution in [1.29, 1.82) is 0 Å². The van der Waals surface area contributed by atoms with E-state index < -0.39 is 0 Å². The second-order valence-electron chi connectivity index (χ2n) is 4.20. The second-order valence-corrected chi connectivity index (χ2v) is 4.73. The first-order chi connectivity index (χ1) is 8.43. The highest BCUT2D eigenvalue weighted by molar-refractivity contribution is 7.80. The number of hydrogen-bond acceptors (Lipinski definition) is 4. The highest BCUT2D eigenvalue weighted by atomic mass is 32.1. The minimum Gasteiger partial charge on any atom is -0.505 e. The summed E-state index contributed by atoms with van der Waals surface area (Å²) in [5.41, 5.74) is 5.68. The average Bonchev–Trinajstić information content (AvgIpc) is 2.28. The van der Waals surface area contributed by atoms with Crippen molar-refractivity contribution in [3.8, 4) is 5.75 Å². The van der Waals surface area contributed by atoms with Crippen LogP contribution >= 0.6 is 12.2 Å². The standard InChI is InChI=1S/C12H17N3O2S/c1-8(2)15(6-4-11(13)18)12(17)9-3-5-14-7-10(9)16/h3,5,7-8,16H,4,6H2,1-2H3,(H2,13,18). The van der Waals surface area contributed by atoms with Gasteiger partial charge in [-0.2, -0.15) is 0 Å². The number of carbonyl (C=O) groups is 1. The first kappa shape index (κ1) is 14.4. The predicted molar refractivity (Wildman–Crippen MR) is 73.5 cm³/mol. The number of rotatable bonds is 5. The van der Waals surface area contributed by atoms with E-state index in [1.54, 1.807) is 4.90 Å². The normalized spacial score (nSPS) is 10.4. The Morgan fingerprint density at radius 3 is 2.78 bits per heavy atom. The van der Waals surface area contributed by atoms with Crippen LogP contribution in [0, 0.1) is 0 Å². The summed E-state index contributed by atoms with van der Waals surface area (Å²) >= 11 is 4.81. The summed E-state index contributed by atoms with van der Waals surface area (Å²) in [6.07, 6.45) is 3.18. The molecule has 6 heteroatoms. The van der Waals surface area contributed by atoms with Gasteiger partial charge in [-0.3, -0.25) is 9.78 Å². The van der Waals surface area contributed by atoms with Crippen LogP contribution in [0.15, 0.2) is 18.5 Å². The van der Waals surface area contributed by atoms with Crippen molar-refractivity contribution in [3.63, 3.8) is 0 Å². The summed E-state index contributed by atoms with van der Waals surface area (Å²) in [4.78, 5) is 18.0. The third kappa shape index (κ3) is 3.66. The van der Waals surface area contributed by atoms with Crippen molar-refractivity contribution in [2.45, 2.75) is 26.3 Å². The lowest BCUT2D eigenvalue weighted by molar-refractivity contribution is 0.0708. The average molecular weight is 267 g/mol. The van der Waals surface area contributed by atoms with Gasteiger partial charge in [-0.1, -0.05) is 12.2 Å². The molecule has 0 unspecified atom stereocenters. The number of pyridine rings is 1. The number of nitrogens with two attached hydrogens (primary N) is 1. The third-order valence-corrected chi connectivity index (χ3v) is 2.72. The van der Waals surface area contributed by atoms with E-state index in [0.717, 1.165) is 0 Å². The lowest BCUT2D eigenvalue weighted by Gasteiger charge is -2.26. The highest BCUT2D eigenvalue weighted by Crippen LogP contribution is 2.18. The van der Waals surface area contributed by atoms with Crippen LogP contribution in [0.5, 0.6) is 5.75 Å². The lowest BCUT2D eigenvalue weighted by Crippen LogP contribution is -2.39. The van der Waals surface area contributed by atoms with Crippen molar-refractivity contribution in [2.24, 2.45) is 5.73 Å². The van der Waals surface area contributed by atoms with Crippen LogP contribution in [-0.4, -0.2) is 38.5 Å². The topological polar surface area (TPSA) is 79.5 Å². The molecule has 5 nitrogen and oxygen atoms in total. The second kappa shape index (κ2) is 6.30. The summed E-state index contributed by atoms with van der Waals surface area (Å²) in [7, 11) is 0. The molecule has 0 saturated heterocycles. The molecule has 0 aliphatic carbocycles. The number of thiocarbonyl (C=S) groups is 1. The van der Waals surface area contributed by atoms with E-state index in [2.05, 4.69) is 4.98 Å². The number of nitrogens with zero attached hydrogens (tertiary/aromatic N) is 2. The van der Waals surface area contributed by atoms with Crippen molar-refractivity contribution < 1.29 is 9.90 Å². The molecule has 1 heterocycles. The molecule has 0 aromatic carbocycles. The number of amides is 1. The fourth-order valence-corrected chi connectivity index (χ4v) is 1.64. The summed E-state index contributed by atoms with van der Waals surface area (Å²) in [6.45, 7) is 4.24. The quantitative estimate of drug-likeness (QED) is 0.786. The van der Waals surface area contributed by atoms with E-state index in [4.69, 9.17) is 18.0 Å². The highest BCUT2D eigenvalue weighted by Gasteiger charge is 2.21. The SMILES string of the molecule is CC(C)N(CCC(N)=S)C(=O)c1ccncc1O. The van der Waals surface area contributed by atoms with Crippen LogP contribution < -0.4 is 5.73 Å². The van der Waals surface area contributed by atoms with Crippen molar-refractivity contribution >= 4 is 23.1 Å². The van der Waals surface area contributed by atoms with E-state index in [0.29, 0.717) is 18.0 Å². The molecule has 3 N–H and O–H groups in total. The summed E-state index contributed by atoms with van der Waals surface area (Å²) < 4.78 is 0. The molecule has 98 valence electrons. The fraction of sp³-hybridized carbons (Fsp3) is 0.417. The monoisotopic (exact) mass is 267 g/mol. The van der Waals surface area contributed by atoms with Crippen molar-refractivity contribution in [3.05, 3.63) is 24.0 Å². The maximum absolute atomic E-state index is 12.3. The van der Waals surface area contributed by atoms with Gasteiger partial charge in [0.1, 0.15) is 5.75 Å². The zero-order valence-electron chi connectivity index (χ0n) is 10.5. The molecular weight excluding hydrogens is 250 g/mol. The summed E-state index contributed by atoms with van der Waals surface area (Å²) in [6, 6.07) is 1.49. The zero-order chi connectivity index (χ0) is 13.7. The van der Waals surface area contributed by atoms with E-state index >= 15 is 0 Å². The van der Waals surface area contributed by atoms with Crippen molar-refractivity contribution in [1.82, 2.24) is 9.88 Å². The first-order valence-corrected chi connectivity index (χ1v) is 6.06. The Labute approximate surface area is 112 Å². The first-order valence-electron chi connectivity index (χ1n) is 5.65. The maximum Gasteiger partial charge on any atom is 0.257 e. The molecule has 0 fully saturated rings. The van der Waals surface area contributed by atoms with Crippen LogP contribution in [-0.2, 0) is 0 Å². The van der Waals surface area contributed by atoms with Gasteiger partial charge >= 0.3 is 0 Å². The van der Waals surface area contributed by atoms with Gasteiger partial charge in [0, 0.05) is 25.2 Å². The van der Waals surface area contributed by atoms with Gasteiger partial charge in [-0.15, -0.1) is 0 Å². The Kier molecular flexibility index (Phi) is 5.03. The van der Waals surface area contributed by atoms with Crippen LogP contribution in [0.3, 0.4) is 0 Å². The minimum absolute atomic E-state index is 0.000541. The van der Waals surface area contributed by atoms with Gasteiger partial charge in [-0.25, -0.2) is 0 Å². The Morgan fingerprint density at radius 1 is 1.61 bits per heavy atom. The predicted octanol–water partition coefficient (Wildman–Crippen LogP) is 1.31. The van der Waals surface area contributed by atoms with Gasteiger partial charge in [0.25, 0.3) is 5.91 Å². The minimum atomic E-state index is -0.249. The lowest BCUT2D eigenvalue weighted by atomic mass is 10.2. The molecule has 0 aliphatic heterocycles. The number of aromatic hydroxyl groups is 1. The molecule has 0 radical (unpaired) electrons. The molecular formula is C12H17N3O2S. The van der Waals surface area contributed by atoms with Crippen molar-refractivity contribution in [2.75, 3.05) is 6.54 Å². The number of aromatic nitrogens is 1. The molecule has 1 aromatic heterocycles. The van der Waals surface area contributed by atoms with E-state index in [1.807, 2.05) is 13.8 Å². The van der Waals surface area contributed by atoms with E-state index in [-0.39, 0.29) is 23.3 Å². The number of hydrogen-bond donors (Lipinski definition) is 2. The van der Waals surface area contributed by atoms with Gasteiger partial charge in [-0.05, 0) is 19.9 Å². The molecule has 1 aromatic rings. The molecule has 0 bridgehead atoms. The summed E-state index contributed by atoms with van der Waals surface area (Å²) in [5.74, 6) is -0.371. The smallest absolute Gasteiger partial charge is 0.257 e. The molecule has 18 heavy (non-hydrogen) atoms. The Morgan fingerprint density at radius 2 is 2.28 bits per heavy atom. The maximum atomic E-state index is 12.3. The summed E-state index contributed by atoms with van der Waals surface area (Å²) in [5, 5.41) is 9.63. The number of carbonyl (C=O) groups excluding carboxylic acids is 1. The molecule has 1 amide bonds. The van der Waals surface area contributed by atoms with E-state index in [1.165, 1.54) is 18.5 Å². The largest absolute Gasteiger partial charge is 0.505 e. The van der Waals surface area contributed by atoms with Crippen LogP contribution in [0.4, 0.5) is 0 Å². The fourth-order valence-electron chi connectivity index (χ4n) is 1.55. The molecule has 0 saturated carbocycles. The Bertz CT molecular complexity index is 449. The van der Waals surface area contributed by atoms with Gasteiger partial charge in [0.2, 0.25) is 0 Å². The van der Waals surface area contributed by atoms with Gasteiger partial charge in [0.15, 0.2) is 0 Å².